The van der Waals surface area contributed by atoms with Crippen molar-refractivity contribution in [1.29, 1.82) is 0 Å². The molecule has 0 aromatic heterocycles. The summed E-state index contributed by atoms with van der Waals surface area (Å²) in [5, 5.41) is 2.76. The zero-order valence-corrected chi connectivity index (χ0v) is 15.0. The number of carbonyl (C=O) groups is 1. The van der Waals surface area contributed by atoms with Gasteiger partial charge in [0.1, 0.15) is 5.75 Å². The first-order valence-electron chi connectivity index (χ1n) is 8.64. The van der Waals surface area contributed by atoms with Gasteiger partial charge in [0.05, 0.1) is 11.5 Å². The Kier molecular flexibility index (Phi) is 4.42. The molecule has 0 saturated carbocycles. The highest BCUT2D eigenvalue weighted by atomic mass is 32.2. The van der Waals surface area contributed by atoms with Crippen molar-refractivity contribution < 1.29 is 17.9 Å². The van der Waals surface area contributed by atoms with Gasteiger partial charge >= 0.3 is 0 Å². The molecule has 2 heterocycles. The first-order valence-corrected chi connectivity index (χ1v) is 10.1. The SMILES string of the molecule is O=C1CCc2cc(S(=O)(=O)NCC3COc4ccccc4C3)ccc2N1. The van der Waals surface area contributed by atoms with Crippen LogP contribution >= 0.6 is 0 Å². The molecule has 7 heteroatoms. The van der Waals surface area contributed by atoms with Gasteiger partial charge in [0.25, 0.3) is 0 Å². The summed E-state index contributed by atoms with van der Waals surface area (Å²) in [5.41, 5.74) is 2.65. The van der Waals surface area contributed by atoms with Crippen LogP contribution in [-0.2, 0) is 27.7 Å². The first-order chi connectivity index (χ1) is 12.5. The second kappa shape index (κ2) is 6.74. The molecule has 0 spiro atoms. The number of ether oxygens (including phenoxy) is 1. The van der Waals surface area contributed by atoms with Gasteiger partial charge < -0.3 is 10.1 Å². The number of carbonyl (C=O) groups excluding carboxylic acids is 1. The lowest BCUT2D eigenvalue weighted by atomic mass is 9.97. The molecule has 0 saturated heterocycles. The predicted molar refractivity (Wildman–Crippen MR) is 97.7 cm³/mol. The molecule has 136 valence electrons. The van der Waals surface area contributed by atoms with Crippen LogP contribution in [0.15, 0.2) is 47.4 Å². The van der Waals surface area contributed by atoms with Crippen LogP contribution in [0.2, 0.25) is 0 Å². The van der Waals surface area contributed by atoms with Crippen molar-refractivity contribution in [2.24, 2.45) is 5.92 Å². The fourth-order valence-corrected chi connectivity index (χ4v) is 4.53. The molecule has 0 bridgehead atoms. The van der Waals surface area contributed by atoms with Crippen LogP contribution in [0.3, 0.4) is 0 Å². The molecule has 4 rings (SSSR count). The number of nitrogens with one attached hydrogen (secondary N) is 2. The van der Waals surface area contributed by atoms with Crippen LogP contribution in [0.25, 0.3) is 0 Å². The van der Waals surface area contributed by atoms with Crippen molar-refractivity contribution in [2.75, 3.05) is 18.5 Å². The topological polar surface area (TPSA) is 84.5 Å². The molecule has 0 aliphatic carbocycles. The van der Waals surface area contributed by atoms with Gasteiger partial charge in [0.2, 0.25) is 15.9 Å². The number of hydrogen-bond acceptors (Lipinski definition) is 4. The Morgan fingerprint density at radius 2 is 1.96 bits per heavy atom. The summed E-state index contributed by atoms with van der Waals surface area (Å²) >= 11 is 0. The van der Waals surface area contributed by atoms with Gasteiger partial charge in [-0.05, 0) is 48.2 Å². The summed E-state index contributed by atoms with van der Waals surface area (Å²) in [7, 11) is -3.60. The van der Waals surface area contributed by atoms with E-state index in [0.29, 0.717) is 31.7 Å². The normalized spacial score (nSPS) is 19.1. The second-order valence-electron chi connectivity index (χ2n) is 6.71. The fraction of sp³-hybridized carbons (Fsp3) is 0.316. The van der Waals surface area contributed by atoms with Crippen LogP contribution in [0.1, 0.15) is 17.5 Å². The third kappa shape index (κ3) is 3.45. The maximum atomic E-state index is 12.6. The van der Waals surface area contributed by atoms with Crippen LogP contribution in [0.4, 0.5) is 5.69 Å². The van der Waals surface area contributed by atoms with Gasteiger partial charge in [0.15, 0.2) is 0 Å². The zero-order chi connectivity index (χ0) is 18.1. The average Bonchev–Trinajstić information content (AvgIpc) is 2.66. The molecular weight excluding hydrogens is 352 g/mol. The fourth-order valence-electron chi connectivity index (χ4n) is 3.36. The van der Waals surface area contributed by atoms with Crippen LogP contribution in [-0.4, -0.2) is 27.5 Å². The van der Waals surface area contributed by atoms with Crippen LogP contribution < -0.4 is 14.8 Å². The number of amides is 1. The molecule has 26 heavy (non-hydrogen) atoms. The Hall–Kier alpha value is -2.38. The molecule has 6 nitrogen and oxygen atoms in total. The third-order valence-electron chi connectivity index (χ3n) is 4.80. The highest BCUT2D eigenvalue weighted by Crippen LogP contribution is 2.28. The van der Waals surface area contributed by atoms with Gasteiger partial charge in [0, 0.05) is 24.6 Å². The highest BCUT2D eigenvalue weighted by molar-refractivity contribution is 7.89. The van der Waals surface area contributed by atoms with E-state index in [1.165, 1.54) is 6.07 Å². The molecule has 0 fully saturated rings. The van der Waals surface area contributed by atoms with E-state index in [1.807, 2.05) is 24.3 Å². The molecule has 2 N–H and O–H groups in total. The van der Waals surface area contributed by atoms with Crippen LogP contribution in [0.5, 0.6) is 5.75 Å². The van der Waals surface area contributed by atoms with Gasteiger partial charge in [-0.1, -0.05) is 18.2 Å². The second-order valence-corrected chi connectivity index (χ2v) is 8.47. The summed E-state index contributed by atoms with van der Waals surface area (Å²) in [6.07, 6.45) is 1.72. The Balaban J connectivity index is 1.44. The number of para-hydroxylation sites is 1. The van der Waals surface area contributed by atoms with Crippen molar-refractivity contribution in [3.05, 3.63) is 53.6 Å². The van der Waals surface area contributed by atoms with Crippen molar-refractivity contribution in [3.8, 4) is 5.75 Å². The standard InChI is InChI=1S/C19H20N2O4S/c22-19-8-5-14-10-16(6-7-17(14)21-19)26(23,24)20-11-13-9-15-3-1-2-4-18(15)25-12-13/h1-4,6-7,10,13,20H,5,8-9,11-12H2,(H,21,22). The number of sulfonamides is 1. The number of hydrogen-bond donors (Lipinski definition) is 2. The molecule has 1 amide bonds. The molecule has 1 unspecified atom stereocenters. The van der Waals surface area contributed by atoms with Crippen LogP contribution in [0, 0.1) is 5.92 Å². The number of benzene rings is 2. The van der Waals surface area contributed by atoms with E-state index >= 15 is 0 Å². The summed E-state index contributed by atoms with van der Waals surface area (Å²) in [5.74, 6) is 0.934. The molecule has 2 aromatic carbocycles. The molecule has 0 radical (unpaired) electrons. The average molecular weight is 372 g/mol. The van der Waals surface area contributed by atoms with Crippen molar-refractivity contribution in [3.63, 3.8) is 0 Å². The Bertz CT molecular complexity index is 956. The quantitative estimate of drug-likeness (QED) is 0.861. The number of rotatable bonds is 4. The van der Waals surface area contributed by atoms with Gasteiger partial charge in [-0.2, -0.15) is 0 Å². The van der Waals surface area contributed by atoms with E-state index < -0.39 is 10.0 Å². The monoisotopic (exact) mass is 372 g/mol. The lowest BCUT2D eigenvalue weighted by Crippen LogP contribution is -2.35. The minimum Gasteiger partial charge on any atom is -0.493 e. The van der Waals surface area contributed by atoms with Gasteiger partial charge in [-0.25, -0.2) is 13.1 Å². The Morgan fingerprint density at radius 3 is 2.85 bits per heavy atom. The number of fused-ring (bicyclic) bond motifs is 2. The molecule has 1 atom stereocenters. The molecular formula is C19H20N2O4S. The van der Waals surface area contributed by atoms with E-state index in [-0.39, 0.29) is 16.7 Å². The lowest BCUT2D eigenvalue weighted by molar-refractivity contribution is -0.116. The first kappa shape index (κ1) is 17.1. The van der Waals surface area contributed by atoms with Gasteiger partial charge in [-0.3, -0.25) is 4.79 Å². The maximum Gasteiger partial charge on any atom is 0.240 e. The minimum atomic E-state index is -3.60. The highest BCUT2D eigenvalue weighted by Gasteiger charge is 2.24. The summed E-state index contributed by atoms with van der Waals surface area (Å²) < 4.78 is 33.7. The van der Waals surface area contributed by atoms with E-state index in [4.69, 9.17) is 4.74 Å². The summed E-state index contributed by atoms with van der Waals surface area (Å²) in [6, 6.07) is 12.7. The molecule has 2 aliphatic heterocycles. The van der Waals surface area contributed by atoms with Crippen molar-refractivity contribution in [2.45, 2.75) is 24.2 Å². The van der Waals surface area contributed by atoms with E-state index in [0.717, 1.165) is 23.3 Å². The van der Waals surface area contributed by atoms with E-state index in [1.54, 1.807) is 12.1 Å². The largest absolute Gasteiger partial charge is 0.493 e. The number of anilines is 1. The summed E-state index contributed by atoms with van der Waals surface area (Å²) in [4.78, 5) is 11.6. The third-order valence-corrected chi connectivity index (χ3v) is 6.22. The predicted octanol–water partition coefficient (Wildman–Crippen LogP) is 2.10. The smallest absolute Gasteiger partial charge is 0.240 e. The zero-order valence-electron chi connectivity index (χ0n) is 14.2. The Labute approximate surface area is 152 Å². The van der Waals surface area contributed by atoms with E-state index in [2.05, 4.69) is 10.0 Å². The minimum absolute atomic E-state index is 0.0381. The maximum absolute atomic E-state index is 12.6. The Morgan fingerprint density at radius 1 is 1.12 bits per heavy atom. The lowest BCUT2D eigenvalue weighted by Gasteiger charge is -2.25. The van der Waals surface area contributed by atoms with E-state index in [9.17, 15) is 13.2 Å². The number of aryl methyl sites for hydroxylation is 1. The van der Waals surface area contributed by atoms with Gasteiger partial charge in [-0.15, -0.1) is 0 Å². The summed E-state index contributed by atoms with van der Waals surface area (Å²) in [6.45, 7) is 0.820. The molecule has 2 aliphatic rings. The van der Waals surface area contributed by atoms with Crippen molar-refractivity contribution in [1.82, 2.24) is 4.72 Å². The van der Waals surface area contributed by atoms with Crippen molar-refractivity contribution >= 4 is 21.6 Å². The molecule has 2 aromatic rings.